The number of anilines is 1. The van der Waals surface area contributed by atoms with Crippen LogP contribution in [0.3, 0.4) is 0 Å². The van der Waals surface area contributed by atoms with Crippen LogP contribution in [0.2, 0.25) is 0 Å². The molecule has 2 N–H and O–H groups in total. The number of allylic oxidation sites excluding steroid dienone is 2. The number of esters is 1. The van der Waals surface area contributed by atoms with Gasteiger partial charge in [0.25, 0.3) is 0 Å². The molecular weight excluding hydrogens is 538 g/mol. The van der Waals surface area contributed by atoms with Crippen molar-refractivity contribution in [2.45, 2.75) is 19.6 Å². The molecule has 0 saturated carbocycles. The van der Waals surface area contributed by atoms with Crippen LogP contribution in [0.25, 0.3) is 11.1 Å². The number of urea groups is 1. The van der Waals surface area contributed by atoms with Gasteiger partial charge in [0.2, 0.25) is 0 Å². The van der Waals surface area contributed by atoms with Gasteiger partial charge < -0.3 is 25.0 Å². The monoisotopic (exact) mass is 573 g/mol. The number of hydrogen-bond donors (Lipinski definition) is 2. The summed E-state index contributed by atoms with van der Waals surface area (Å²) in [4.78, 5) is 26.9. The number of rotatable bonds is 11. The Labute approximate surface area is 252 Å². The normalized spacial score (nSPS) is 13.0. The summed E-state index contributed by atoms with van der Waals surface area (Å²) in [5.41, 5.74) is 5.80. The molecule has 2 amide bonds. The highest BCUT2D eigenvalue weighted by molar-refractivity contribution is 5.90. The van der Waals surface area contributed by atoms with Crippen molar-refractivity contribution in [3.63, 3.8) is 0 Å². The lowest BCUT2D eigenvalue weighted by Crippen LogP contribution is -2.38. The van der Waals surface area contributed by atoms with Crippen LogP contribution in [0.5, 0.6) is 5.75 Å². The zero-order valence-corrected chi connectivity index (χ0v) is 24.1. The van der Waals surface area contributed by atoms with E-state index in [1.54, 1.807) is 24.3 Å². The van der Waals surface area contributed by atoms with E-state index < -0.39 is 6.23 Å². The molecule has 4 aromatic carbocycles. The minimum absolute atomic E-state index is 0.309. The minimum Gasteiger partial charge on any atom is -0.493 e. The lowest BCUT2D eigenvalue weighted by atomic mass is 9.98. The summed E-state index contributed by atoms with van der Waals surface area (Å²) in [7, 11) is 0. The predicted molar refractivity (Wildman–Crippen MR) is 170 cm³/mol. The zero-order valence-electron chi connectivity index (χ0n) is 24.1. The quantitative estimate of drug-likeness (QED) is 0.188. The third kappa shape index (κ3) is 8.36. The van der Waals surface area contributed by atoms with Crippen LogP contribution in [0, 0.1) is 0 Å². The Kier molecular flexibility index (Phi) is 9.88. The fourth-order valence-corrected chi connectivity index (χ4v) is 4.78. The fraction of sp³-hybridized carbons (Fsp3) is 0.167. The first kappa shape index (κ1) is 29.2. The van der Waals surface area contributed by atoms with E-state index in [0.717, 1.165) is 17.7 Å². The molecule has 0 radical (unpaired) electrons. The Hall–Kier alpha value is -5.30. The average Bonchev–Trinajstić information content (AvgIpc) is 3.06. The summed E-state index contributed by atoms with van der Waals surface area (Å²) >= 11 is 0. The number of carbonyl (C=O) groups is 2. The van der Waals surface area contributed by atoms with E-state index in [-0.39, 0.29) is 12.0 Å². The number of amides is 2. The van der Waals surface area contributed by atoms with Gasteiger partial charge in [0.05, 0.1) is 12.2 Å². The average molecular weight is 574 g/mol. The molecule has 218 valence electrons. The molecule has 1 unspecified atom stereocenters. The molecule has 0 saturated heterocycles. The maximum Gasteiger partial charge on any atom is 0.340 e. The minimum atomic E-state index is -0.458. The molecule has 5 rings (SSSR count). The van der Waals surface area contributed by atoms with E-state index in [4.69, 9.17) is 9.47 Å². The first-order valence-electron chi connectivity index (χ1n) is 14.3. The molecule has 1 aliphatic rings. The topological polar surface area (TPSA) is 79.9 Å². The van der Waals surface area contributed by atoms with Gasteiger partial charge in [-0.1, -0.05) is 78.9 Å². The summed E-state index contributed by atoms with van der Waals surface area (Å²) in [5, 5.41) is 5.76. The third-order valence-corrected chi connectivity index (χ3v) is 7.08. The summed E-state index contributed by atoms with van der Waals surface area (Å²) in [6.45, 7) is 3.26. The molecule has 4 aromatic rings. The molecule has 0 fully saturated rings. The van der Waals surface area contributed by atoms with Crippen molar-refractivity contribution in [2.75, 3.05) is 25.0 Å². The lowest BCUT2D eigenvalue weighted by Gasteiger charge is -2.30. The van der Waals surface area contributed by atoms with Gasteiger partial charge >= 0.3 is 12.0 Å². The van der Waals surface area contributed by atoms with Crippen LogP contribution in [0.1, 0.15) is 22.8 Å². The highest BCUT2D eigenvalue weighted by Gasteiger charge is 2.19. The van der Waals surface area contributed by atoms with Gasteiger partial charge in [-0.05, 0) is 71.7 Å². The maximum absolute atomic E-state index is 12.6. The lowest BCUT2D eigenvalue weighted by molar-refractivity contribution is -0.00437. The van der Waals surface area contributed by atoms with Gasteiger partial charge in [-0.15, -0.1) is 0 Å². The largest absolute Gasteiger partial charge is 0.493 e. The van der Waals surface area contributed by atoms with Gasteiger partial charge in [0.15, 0.2) is 6.23 Å². The Morgan fingerprint density at radius 2 is 1.56 bits per heavy atom. The Bertz CT molecular complexity index is 1570. The number of nitrogens with one attached hydrogen (secondary N) is 2. The van der Waals surface area contributed by atoms with Crippen LogP contribution in [0.4, 0.5) is 10.5 Å². The molecular formula is C36H35N3O4. The standard InChI is InChI=1S/C36H35N3O4/c1-27(43-35(40)31-15-6-3-7-16-31)39-23-10-11-28(26-39)25-37-36(41)38-32-18-20-33(21-19-32)42-24-22-30-14-8-9-17-34(30)29-12-4-2-5-13-29/h2-21,23,27H,22,24-26H2,1H3,(H2,37,38,41). The molecule has 0 aliphatic carbocycles. The summed E-state index contributed by atoms with van der Waals surface area (Å²) < 4.78 is 11.6. The second-order valence-electron chi connectivity index (χ2n) is 10.2. The first-order chi connectivity index (χ1) is 21.0. The number of benzene rings is 4. The van der Waals surface area contributed by atoms with Crippen LogP contribution in [0.15, 0.2) is 133 Å². The number of ether oxygens (including phenoxy) is 2. The second-order valence-corrected chi connectivity index (χ2v) is 10.2. The molecule has 0 bridgehead atoms. The van der Waals surface area contributed by atoms with Crippen molar-refractivity contribution in [2.24, 2.45) is 0 Å². The van der Waals surface area contributed by atoms with Crippen molar-refractivity contribution >= 4 is 17.7 Å². The van der Waals surface area contributed by atoms with Gasteiger partial charge in [-0.25, -0.2) is 9.59 Å². The van der Waals surface area contributed by atoms with Gasteiger partial charge in [-0.2, -0.15) is 0 Å². The molecule has 1 heterocycles. The Morgan fingerprint density at radius 1 is 0.860 bits per heavy atom. The maximum atomic E-state index is 12.6. The molecule has 7 heteroatoms. The van der Waals surface area contributed by atoms with Crippen LogP contribution >= 0.6 is 0 Å². The third-order valence-electron chi connectivity index (χ3n) is 7.08. The number of carbonyl (C=O) groups excluding carboxylic acids is 2. The first-order valence-corrected chi connectivity index (χ1v) is 14.3. The fourth-order valence-electron chi connectivity index (χ4n) is 4.78. The summed E-state index contributed by atoms with van der Waals surface area (Å²) in [5.74, 6) is 0.365. The van der Waals surface area contributed by atoms with Crippen LogP contribution < -0.4 is 15.4 Å². The van der Waals surface area contributed by atoms with E-state index >= 15 is 0 Å². The smallest absolute Gasteiger partial charge is 0.340 e. The van der Waals surface area contributed by atoms with E-state index in [0.29, 0.717) is 30.9 Å². The SMILES string of the molecule is CC(OC(=O)c1ccccc1)N1C=CC=C(CNC(=O)Nc2ccc(OCCc3ccccc3-c3ccccc3)cc2)C1. The summed E-state index contributed by atoms with van der Waals surface area (Å²) in [6, 6.07) is 34.7. The number of nitrogens with zero attached hydrogens (tertiary/aromatic N) is 1. The van der Waals surface area contributed by atoms with Gasteiger partial charge in [-0.3, -0.25) is 0 Å². The van der Waals surface area contributed by atoms with Gasteiger partial charge in [0.1, 0.15) is 5.75 Å². The number of hydrogen-bond acceptors (Lipinski definition) is 5. The van der Waals surface area contributed by atoms with Crippen molar-refractivity contribution in [3.8, 4) is 16.9 Å². The molecule has 1 aliphatic heterocycles. The van der Waals surface area contributed by atoms with E-state index in [1.807, 2.05) is 78.7 Å². The molecule has 7 nitrogen and oxygen atoms in total. The van der Waals surface area contributed by atoms with Crippen molar-refractivity contribution in [3.05, 3.63) is 144 Å². The predicted octanol–water partition coefficient (Wildman–Crippen LogP) is 7.06. The van der Waals surface area contributed by atoms with Crippen molar-refractivity contribution < 1.29 is 19.1 Å². The molecule has 43 heavy (non-hydrogen) atoms. The molecule has 1 atom stereocenters. The Balaban J connectivity index is 1.04. The molecule has 0 spiro atoms. The van der Waals surface area contributed by atoms with E-state index in [1.165, 1.54) is 16.7 Å². The Morgan fingerprint density at radius 3 is 2.33 bits per heavy atom. The van der Waals surface area contributed by atoms with Crippen molar-refractivity contribution in [1.29, 1.82) is 0 Å². The highest BCUT2D eigenvalue weighted by atomic mass is 16.6. The van der Waals surface area contributed by atoms with Crippen LogP contribution in [-0.4, -0.2) is 42.8 Å². The van der Waals surface area contributed by atoms with E-state index in [2.05, 4.69) is 47.0 Å². The van der Waals surface area contributed by atoms with Gasteiger partial charge in [0, 0.05) is 31.4 Å². The second kappa shape index (κ2) is 14.5. The van der Waals surface area contributed by atoms with Crippen molar-refractivity contribution in [1.82, 2.24) is 10.2 Å². The van der Waals surface area contributed by atoms with E-state index in [9.17, 15) is 9.59 Å². The highest BCUT2D eigenvalue weighted by Crippen LogP contribution is 2.24. The summed E-state index contributed by atoms with van der Waals surface area (Å²) in [6.07, 6.45) is 6.03. The zero-order chi connectivity index (χ0) is 29.9. The molecule has 0 aromatic heterocycles. The van der Waals surface area contributed by atoms with Crippen LogP contribution in [-0.2, 0) is 11.2 Å².